The van der Waals surface area contributed by atoms with Crippen molar-refractivity contribution >= 4 is 46.0 Å². The van der Waals surface area contributed by atoms with Crippen LogP contribution < -0.4 is 10.2 Å². The van der Waals surface area contributed by atoms with E-state index in [1.54, 1.807) is 38.7 Å². The van der Waals surface area contributed by atoms with Gasteiger partial charge in [-0.1, -0.05) is 17.7 Å². The maximum Gasteiger partial charge on any atom is 0.230 e. The minimum atomic E-state index is -0.499. The van der Waals surface area contributed by atoms with Crippen LogP contribution in [0.3, 0.4) is 0 Å². The van der Waals surface area contributed by atoms with E-state index in [4.69, 9.17) is 11.6 Å². The second kappa shape index (κ2) is 9.63. The molecule has 1 fully saturated rings. The largest absolute Gasteiger partial charge is 0.312 e. The summed E-state index contributed by atoms with van der Waals surface area (Å²) < 4.78 is 3.26. The quantitative estimate of drug-likeness (QED) is 0.349. The maximum absolute atomic E-state index is 13.3. The number of carbonyl (C=O) groups is 2. The van der Waals surface area contributed by atoms with Gasteiger partial charge in [-0.3, -0.25) is 9.59 Å². The van der Waals surface area contributed by atoms with Gasteiger partial charge in [-0.2, -0.15) is 14.9 Å². The van der Waals surface area contributed by atoms with Crippen LogP contribution in [0.25, 0.3) is 22.5 Å². The standard InChI is InChI=1S/C28H25ClN8O2/c1-16-4-7-22(10-17(16)2)35-14-19(12-25(35)38)28(39)33-24-11-18(3)34-37(24)27-23-13-32-36(26(23)30-15-31-27)21-8-5-20(29)6-9-21/h4-11,13,15,19H,12,14H2,1-3H3,(H,33,39). The predicted octanol–water partition coefficient (Wildman–Crippen LogP) is 4.57. The van der Waals surface area contributed by atoms with Crippen LogP contribution >= 0.6 is 11.6 Å². The highest BCUT2D eigenvalue weighted by atomic mass is 35.5. The lowest BCUT2D eigenvalue weighted by Crippen LogP contribution is -2.28. The van der Waals surface area contributed by atoms with Crippen molar-refractivity contribution in [3.05, 3.63) is 82.9 Å². The van der Waals surface area contributed by atoms with Crippen molar-refractivity contribution in [1.29, 1.82) is 0 Å². The van der Waals surface area contributed by atoms with E-state index >= 15 is 0 Å². The number of carbonyl (C=O) groups excluding carboxylic acids is 2. The summed E-state index contributed by atoms with van der Waals surface area (Å²) in [5, 5.41) is 13.3. The predicted molar refractivity (Wildman–Crippen MR) is 149 cm³/mol. The average Bonchev–Trinajstić information content (AvgIpc) is 3.62. The van der Waals surface area contributed by atoms with Gasteiger partial charge < -0.3 is 10.2 Å². The van der Waals surface area contributed by atoms with Crippen molar-refractivity contribution < 1.29 is 9.59 Å². The number of hydrogen-bond acceptors (Lipinski definition) is 6. The van der Waals surface area contributed by atoms with Crippen molar-refractivity contribution in [2.75, 3.05) is 16.8 Å². The number of rotatable bonds is 5. The van der Waals surface area contributed by atoms with Gasteiger partial charge in [0.1, 0.15) is 12.1 Å². The van der Waals surface area contributed by atoms with Crippen LogP contribution in [0, 0.1) is 26.7 Å². The molecule has 1 aliphatic rings. The molecule has 4 heterocycles. The minimum absolute atomic E-state index is 0.0739. The molecule has 1 atom stereocenters. The summed E-state index contributed by atoms with van der Waals surface area (Å²) in [5.41, 5.74) is 5.13. The fraction of sp³-hybridized carbons (Fsp3) is 0.214. The zero-order valence-corrected chi connectivity index (χ0v) is 22.3. The molecule has 6 rings (SSSR count). The number of amides is 2. The normalized spacial score (nSPS) is 15.3. The highest BCUT2D eigenvalue weighted by Gasteiger charge is 2.35. The smallest absolute Gasteiger partial charge is 0.230 e. The number of hydrogen-bond donors (Lipinski definition) is 1. The van der Waals surface area contributed by atoms with Crippen LogP contribution in [0.5, 0.6) is 0 Å². The first-order valence-electron chi connectivity index (χ1n) is 12.5. The van der Waals surface area contributed by atoms with E-state index < -0.39 is 5.92 Å². The number of benzene rings is 2. The first-order chi connectivity index (χ1) is 18.8. The van der Waals surface area contributed by atoms with Crippen LogP contribution in [0.2, 0.25) is 5.02 Å². The number of halogens is 1. The number of nitrogens with zero attached hydrogens (tertiary/aromatic N) is 7. The third-order valence-corrected chi connectivity index (χ3v) is 7.25. The summed E-state index contributed by atoms with van der Waals surface area (Å²) in [7, 11) is 0. The topological polar surface area (TPSA) is 111 Å². The fourth-order valence-corrected chi connectivity index (χ4v) is 4.90. The molecule has 1 N–H and O–H groups in total. The zero-order valence-electron chi connectivity index (χ0n) is 21.6. The van der Waals surface area contributed by atoms with Gasteiger partial charge in [-0.15, -0.1) is 0 Å². The second-order valence-electron chi connectivity index (χ2n) is 9.71. The van der Waals surface area contributed by atoms with Crippen LogP contribution in [0.4, 0.5) is 11.5 Å². The van der Waals surface area contributed by atoms with E-state index in [0.29, 0.717) is 39.9 Å². The van der Waals surface area contributed by atoms with Gasteiger partial charge in [0.2, 0.25) is 11.8 Å². The molecule has 1 unspecified atom stereocenters. The van der Waals surface area contributed by atoms with Gasteiger partial charge in [0.15, 0.2) is 11.5 Å². The molecule has 3 aromatic heterocycles. The SMILES string of the molecule is Cc1cc(NC(=O)C2CC(=O)N(c3ccc(C)c(C)c3)C2)n(-c2ncnc3c2cnn3-c2ccc(Cl)cc2)n1. The molecule has 1 saturated heterocycles. The second-order valence-corrected chi connectivity index (χ2v) is 10.1. The summed E-state index contributed by atoms with van der Waals surface area (Å²) in [6.45, 7) is 6.19. The van der Waals surface area contributed by atoms with E-state index in [0.717, 1.165) is 22.5 Å². The van der Waals surface area contributed by atoms with Crippen LogP contribution in [-0.4, -0.2) is 47.9 Å². The molecule has 0 bridgehead atoms. The Labute approximate surface area is 229 Å². The van der Waals surface area contributed by atoms with Crippen LogP contribution in [0.1, 0.15) is 23.2 Å². The Morgan fingerprint density at radius 1 is 0.974 bits per heavy atom. The minimum Gasteiger partial charge on any atom is -0.312 e. The van der Waals surface area contributed by atoms with E-state index in [-0.39, 0.29) is 18.2 Å². The van der Waals surface area contributed by atoms with Gasteiger partial charge in [-0.05, 0) is 68.3 Å². The Morgan fingerprint density at radius 3 is 2.51 bits per heavy atom. The molecule has 0 aliphatic carbocycles. The first-order valence-corrected chi connectivity index (χ1v) is 12.9. The molecule has 0 spiro atoms. The van der Waals surface area contributed by atoms with E-state index in [2.05, 4.69) is 25.5 Å². The molecular formula is C28H25ClN8O2. The summed E-state index contributed by atoms with van der Waals surface area (Å²) in [6, 6.07) is 14.9. The molecule has 11 heteroatoms. The monoisotopic (exact) mass is 540 g/mol. The van der Waals surface area contributed by atoms with Crippen molar-refractivity contribution in [3.8, 4) is 11.5 Å². The third kappa shape index (κ3) is 4.52. The summed E-state index contributed by atoms with van der Waals surface area (Å²) in [5.74, 6) is 0.103. The Hall–Kier alpha value is -4.57. The Balaban J connectivity index is 1.28. The highest BCUT2D eigenvalue weighted by Crippen LogP contribution is 2.29. The van der Waals surface area contributed by atoms with Crippen LogP contribution in [-0.2, 0) is 9.59 Å². The van der Waals surface area contributed by atoms with Crippen molar-refractivity contribution in [2.24, 2.45) is 5.92 Å². The van der Waals surface area contributed by atoms with Crippen molar-refractivity contribution in [3.63, 3.8) is 0 Å². The lowest BCUT2D eigenvalue weighted by atomic mass is 10.1. The van der Waals surface area contributed by atoms with Gasteiger partial charge in [0, 0.05) is 29.7 Å². The molecule has 0 saturated carbocycles. The lowest BCUT2D eigenvalue weighted by Gasteiger charge is -2.18. The van der Waals surface area contributed by atoms with Crippen molar-refractivity contribution in [2.45, 2.75) is 27.2 Å². The Morgan fingerprint density at radius 2 is 1.74 bits per heavy atom. The van der Waals surface area contributed by atoms with Gasteiger partial charge in [0.25, 0.3) is 0 Å². The molecule has 0 radical (unpaired) electrons. The Kier molecular flexibility index (Phi) is 6.11. The molecule has 2 aromatic carbocycles. The highest BCUT2D eigenvalue weighted by molar-refractivity contribution is 6.30. The number of aryl methyl sites for hydroxylation is 3. The fourth-order valence-electron chi connectivity index (χ4n) is 4.78. The van der Waals surface area contributed by atoms with Crippen LogP contribution in [0.15, 0.2) is 61.1 Å². The maximum atomic E-state index is 13.3. The third-order valence-electron chi connectivity index (χ3n) is 7.00. The van der Waals surface area contributed by atoms with Gasteiger partial charge in [0.05, 0.1) is 28.9 Å². The molecule has 39 heavy (non-hydrogen) atoms. The average molecular weight is 541 g/mol. The van der Waals surface area contributed by atoms with E-state index in [1.807, 2.05) is 51.1 Å². The number of anilines is 2. The van der Waals surface area contributed by atoms with Gasteiger partial charge >= 0.3 is 0 Å². The summed E-state index contributed by atoms with van der Waals surface area (Å²) >= 11 is 6.04. The molecule has 196 valence electrons. The number of nitrogens with one attached hydrogen (secondary N) is 1. The van der Waals surface area contributed by atoms with E-state index in [9.17, 15) is 9.59 Å². The molecule has 5 aromatic rings. The first kappa shape index (κ1) is 24.7. The molecular weight excluding hydrogens is 516 g/mol. The lowest BCUT2D eigenvalue weighted by molar-refractivity contribution is -0.122. The van der Waals surface area contributed by atoms with E-state index in [1.165, 1.54) is 6.33 Å². The Bertz CT molecular complexity index is 1740. The summed E-state index contributed by atoms with van der Waals surface area (Å²) in [6.07, 6.45) is 3.24. The van der Waals surface area contributed by atoms with Gasteiger partial charge in [-0.25, -0.2) is 14.6 Å². The molecule has 10 nitrogen and oxygen atoms in total. The zero-order chi connectivity index (χ0) is 27.3. The summed E-state index contributed by atoms with van der Waals surface area (Å²) in [4.78, 5) is 36.7. The molecule has 1 aliphatic heterocycles. The van der Waals surface area contributed by atoms with Crippen molar-refractivity contribution in [1.82, 2.24) is 29.5 Å². The number of aromatic nitrogens is 6. The molecule has 2 amide bonds. The number of fused-ring (bicyclic) bond motifs is 1.